The molecule has 11 heteroatoms. The topological polar surface area (TPSA) is 121 Å². The van der Waals surface area contributed by atoms with Crippen LogP contribution in [0.4, 0.5) is 0 Å². The monoisotopic (exact) mass is 636 g/mol. The van der Waals surface area contributed by atoms with Crippen LogP contribution in [-0.2, 0) is 48.2 Å². The highest BCUT2D eigenvalue weighted by atomic mass is 16.5. The second kappa shape index (κ2) is 25.6. The Kier molecular flexibility index (Phi) is 23.0. The number of amides is 3. The van der Waals surface area contributed by atoms with Gasteiger partial charge in [-0.1, -0.05) is 39.0 Å². The maximum absolute atomic E-state index is 13.2. The van der Waals surface area contributed by atoms with Gasteiger partial charge in [0.25, 0.3) is 0 Å². The third-order valence-electron chi connectivity index (χ3n) is 7.64. The Morgan fingerprint density at radius 2 is 1.42 bits per heavy atom. The van der Waals surface area contributed by atoms with E-state index in [1.54, 1.807) is 11.8 Å². The summed E-state index contributed by atoms with van der Waals surface area (Å²) in [5.41, 5.74) is 2.51. The minimum absolute atomic E-state index is 0.0530. The number of likely N-dealkylation sites (N-methyl/N-ethyl adjacent to an activating group) is 2. The fourth-order valence-corrected chi connectivity index (χ4v) is 4.80. The van der Waals surface area contributed by atoms with Crippen molar-refractivity contribution in [1.82, 2.24) is 20.0 Å². The molecule has 258 valence electrons. The van der Waals surface area contributed by atoms with Gasteiger partial charge in [0.2, 0.25) is 17.7 Å². The van der Waals surface area contributed by atoms with E-state index in [1.165, 1.54) is 0 Å². The zero-order chi connectivity index (χ0) is 33.3. The Balaban J connectivity index is 2.44. The predicted molar refractivity (Wildman–Crippen MR) is 177 cm³/mol. The Bertz CT molecular complexity index is 958. The van der Waals surface area contributed by atoms with E-state index in [0.717, 1.165) is 49.2 Å². The fraction of sp³-hybridized carbons (Fsp3) is 0.735. The van der Waals surface area contributed by atoms with Crippen molar-refractivity contribution in [2.24, 2.45) is 0 Å². The van der Waals surface area contributed by atoms with Crippen LogP contribution in [-0.4, -0.2) is 123 Å². The SMILES string of the molecule is CCCC(=O)NCCCOCCOCCOCCCN(Cc1cc(CO)ccc1CC(=O)N(CC)CCN(CC)CC)C(C)=O. The van der Waals surface area contributed by atoms with Gasteiger partial charge in [0.05, 0.1) is 39.5 Å². The van der Waals surface area contributed by atoms with E-state index in [-0.39, 0.29) is 30.7 Å². The van der Waals surface area contributed by atoms with E-state index in [4.69, 9.17) is 14.2 Å². The van der Waals surface area contributed by atoms with Crippen LogP contribution in [0.2, 0.25) is 0 Å². The number of nitrogens with zero attached hydrogens (tertiary/aromatic N) is 3. The summed E-state index contributed by atoms with van der Waals surface area (Å²) < 4.78 is 16.8. The standard InChI is InChI=1S/C34H60N4O7/c1-6-12-33(41)35-15-10-19-43-21-23-45-24-22-44-20-11-16-38(29(5)40)27-32-25-30(28-39)13-14-31(32)26-34(42)37(9-4)18-17-36(7-2)8-3/h13-14,25,39H,6-12,15-24,26-28H2,1-5H3,(H,35,41). The molecule has 3 amide bonds. The molecule has 1 rings (SSSR count). The number of carbonyl (C=O) groups excluding carboxylic acids is 3. The van der Waals surface area contributed by atoms with Crippen molar-refractivity contribution in [3.8, 4) is 0 Å². The van der Waals surface area contributed by atoms with E-state index in [1.807, 2.05) is 36.9 Å². The first-order chi connectivity index (χ1) is 21.8. The second-order valence-electron chi connectivity index (χ2n) is 11.0. The van der Waals surface area contributed by atoms with Gasteiger partial charge in [0, 0.05) is 65.8 Å². The molecule has 0 fully saturated rings. The van der Waals surface area contributed by atoms with Crippen LogP contribution in [0.25, 0.3) is 0 Å². The van der Waals surface area contributed by atoms with Crippen molar-refractivity contribution >= 4 is 17.7 Å². The zero-order valence-electron chi connectivity index (χ0n) is 28.6. The summed E-state index contributed by atoms with van der Waals surface area (Å²) in [5.74, 6) is 0.0931. The Hall–Kier alpha value is -2.57. The van der Waals surface area contributed by atoms with E-state index in [9.17, 15) is 19.5 Å². The molecule has 1 aromatic rings. The number of carbonyl (C=O) groups is 3. The van der Waals surface area contributed by atoms with Crippen LogP contribution in [0.5, 0.6) is 0 Å². The lowest BCUT2D eigenvalue weighted by molar-refractivity contribution is -0.130. The number of benzene rings is 1. The van der Waals surface area contributed by atoms with Gasteiger partial charge in [-0.25, -0.2) is 0 Å². The number of hydrogen-bond acceptors (Lipinski definition) is 8. The molecule has 0 aliphatic rings. The number of rotatable bonds is 27. The smallest absolute Gasteiger partial charge is 0.227 e. The molecule has 0 unspecified atom stereocenters. The summed E-state index contributed by atoms with van der Waals surface area (Å²) in [6.07, 6.45) is 3.11. The van der Waals surface area contributed by atoms with Crippen molar-refractivity contribution in [3.63, 3.8) is 0 Å². The van der Waals surface area contributed by atoms with Crippen LogP contribution < -0.4 is 5.32 Å². The lowest BCUT2D eigenvalue weighted by Crippen LogP contribution is -2.39. The summed E-state index contributed by atoms with van der Waals surface area (Å²) in [4.78, 5) is 43.1. The third kappa shape index (κ3) is 18.2. The molecule has 0 saturated heterocycles. The first kappa shape index (κ1) is 40.5. The quantitative estimate of drug-likeness (QED) is 0.142. The first-order valence-corrected chi connectivity index (χ1v) is 16.8. The highest BCUT2D eigenvalue weighted by Crippen LogP contribution is 2.17. The molecule has 0 aliphatic heterocycles. The molecule has 0 bridgehead atoms. The predicted octanol–water partition coefficient (Wildman–Crippen LogP) is 3.01. The second-order valence-corrected chi connectivity index (χ2v) is 11.0. The van der Waals surface area contributed by atoms with E-state index >= 15 is 0 Å². The normalized spacial score (nSPS) is 11.2. The Morgan fingerprint density at radius 1 is 0.778 bits per heavy atom. The number of ether oxygens (including phenoxy) is 3. The van der Waals surface area contributed by atoms with Crippen molar-refractivity contribution in [1.29, 1.82) is 0 Å². The van der Waals surface area contributed by atoms with Crippen molar-refractivity contribution in [3.05, 3.63) is 34.9 Å². The Labute approximate surface area is 271 Å². The molecular weight excluding hydrogens is 576 g/mol. The van der Waals surface area contributed by atoms with Crippen LogP contribution >= 0.6 is 0 Å². The van der Waals surface area contributed by atoms with Crippen LogP contribution in [0.3, 0.4) is 0 Å². The molecule has 0 aromatic heterocycles. The molecule has 0 radical (unpaired) electrons. The van der Waals surface area contributed by atoms with Crippen molar-refractivity contribution < 1.29 is 33.7 Å². The molecule has 0 saturated carbocycles. The summed E-state index contributed by atoms with van der Waals surface area (Å²) in [6, 6.07) is 5.64. The molecule has 2 N–H and O–H groups in total. The molecule has 45 heavy (non-hydrogen) atoms. The third-order valence-corrected chi connectivity index (χ3v) is 7.64. The van der Waals surface area contributed by atoms with Gasteiger partial charge in [-0.2, -0.15) is 0 Å². The summed E-state index contributed by atoms with van der Waals surface area (Å²) in [5, 5.41) is 12.6. The van der Waals surface area contributed by atoms with E-state index in [2.05, 4.69) is 24.1 Å². The van der Waals surface area contributed by atoms with Crippen LogP contribution in [0, 0.1) is 0 Å². The van der Waals surface area contributed by atoms with Gasteiger partial charge < -0.3 is 39.3 Å². The highest BCUT2D eigenvalue weighted by molar-refractivity contribution is 5.79. The van der Waals surface area contributed by atoms with Gasteiger partial charge in [-0.15, -0.1) is 0 Å². The molecule has 0 spiro atoms. The van der Waals surface area contributed by atoms with Crippen LogP contribution in [0.15, 0.2) is 18.2 Å². The number of aliphatic hydroxyl groups excluding tert-OH is 1. The minimum Gasteiger partial charge on any atom is -0.392 e. The summed E-state index contributed by atoms with van der Waals surface area (Å²) >= 11 is 0. The maximum Gasteiger partial charge on any atom is 0.227 e. The van der Waals surface area contributed by atoms with Gasteiger partial charge >= 0.3 is 0 Å². The molecule has 1 aromatic carbocycles. The molecule has 0 atom stereocenters. The average molecular weight is 637 g/mol. The van der Waals surface area contributed by atoms with Gasteiger partial charge in [0.1, 0.15) is 0 Å². The summed E-state index contributed by atoms with van der Waals surface area (Å²) in [6.45, 7) is 18.2. The average Bonchev–Trinajstić information content (AvgIpc) is 3.03. The Morgan fingerprint density at radius 3 is 2.00 bits per heavy atom. The number of nitrogens with one attached hydrogen (secondary N) is 1. The highest BCUT2D eigenvalue weighted by Gasteiger charge is 2.18. The number of aliphatic hydroxyl groups is 1. The van der Waals surface area contributed by atoms with Crippen LogP contribution in [0.1, 0.15) is 77.0 Å². The zero-order valence-corrected chi connectivity index (χ0v) is 28.6. The van der Waals surface area contributed by atoms with Gasteiger partial charge in [-0.3, -0.25) is 14.4 Å². The first-order valence-electron chi connectivity index (χ1n) is 16.8. The van der Waals surface area contributed by atoms with E-state index in [0.29, 0.717) is 85.2 Å². The van der Waals surface area contributed by atoms with E-state index < -0.39 is 0 Å². The maximum atomic E-state index is 13.2. The van der Waals surface area contributed by atoms with Gasteiger partial charge in [0.15, 0.2) is 0 Å². The molecule has 11 nitrogen and oxygen atoms in total. The molecular formula is C34H60N4O7. The fourth-order valence-electron chi connectivity index (χ4n) is 4.80. The largest absolute Gasteiger partial charge is 0.392 e. The van der Waals surface area contributed by atoms with Crippen molar-refractivity contribution in [2.45, 2.75) is 79.9 Å². The molecule has 0 aliphatic carbocycles. The number of hydrogen-bond donors (Lipinski definition) is 2. The van der Waals surface area contributed by atoms with Gasteiger partial charge in [-0.05, 0) is 56.0 Å². The lowest BCUT2D eigenvalue weighted by atomic mass is 10.00. The van der Waals surface area contributed by atoms with Crippen molar-refractivity contribution in [2.75, 3.05) is 85.5 Å². The molecule has 0 heterocycles. The minimum atomic E-state index is -0.104. The summed E-state index contributed by atoms with van der Waals surface area (Å²) in [7, 11) is 0. The lowest BCUT2D eigenvalue weighted by Gasteiger charge is -2.26.